The number of alkyl halides is 1. The molecule has 0 heterocycles. The summed E-state index contributed by atoms with van der Waals surface area (Å²) in [6, 6.07) is 2.05. The maximum absolute atomic E-state index is 10.9. The Bertz CT molecular complexity index is 210. The van der Waals surface area contributed by atoms with Gasteiger partial charge in [0.2, 0.25) is 5.91 Å². The van der Waals surface area contributed by atoms with Crippen molar-refractivity contribution in [3.8, 4) is 6.07 Å². The molecular formula is C8H13ClN2O. The zero-order valence-electron chi connectivity index (χ0n) is 7.52. The fourth-order valence-electron chi connectivity index (χ4n) is 0.624. The summed E-state index contributed by atoms with van der Waals surface area (Å²) < 4.78 is 0. The van der Waals surface area contributed by atoms with E-state index in [1.165, 1.54) is 0 Å². The first-order valence-electron chi connectivity index (χ1n) is 3.74. The fraction of sp³-hybridized carbons (Fsp3) is 0.750. The molecule has 1 amide bonds. The Hall–Kier alpha value is -0.750. The lowest BCUT2D eigenvalue weighted by molar-refractivity contribution is -0.120. The number of amides is 1. The van der Waals surface area contributed by atoms with Crippen LogP contribution in [-0.4, -0.2) is 17.3 Å². The molecule has 0 fully saturated rings. The Kier molecular flexibility index (Phi) is 4.05. The summed E-state index contributed by atoms with van der Waals surface area (Å²) in [4.78, 5) is 10.9. The lowest BCUT2D eigenvalue weighted by Gasteiger charge is -2.26. The van der Waals surface area contributed by atoms with Crippen LogP contribution >= 0.6 is 11.6 Å². The quantitative estimate of drug-likeness (QED) is 0.679. The molecule has 1 unspecified atom stereocenters. The highest BCUT2D eigenvalue weighted by molar-refractivity contribution is 6.27. The molecule has 68 valence electrons. The number of carbonyl (C=O) groups excluding carboxylic acids is 1. The number of hydrogen-bond acceptors (Lipinski definition) is 2. The fourth-order valence-corrected chi connectivity index (χ4v) is 0.691. The summed E-state index contributed by atoms with van der Waals surface area (Å²) in [6.07, 6.45) is 0. The van der Waals surface area contributed by atoms with Crippen molar-refractivity contribution in [1.29, 1.82) is 5.26 Å². The van der Waals surface area contributed by atoms with E-state index in [0.29, 0.717) is 0 Å². The lowest BCUT2D eigenvalue weighted by atomic mass is 9.90. The molecule has 1 atom stereocenters. The van der Waals surface area contributed by atoms with Crippen molar-refractivity contribution in [3.05, 3.63) is 0 Å². The molecule has 0 aromatic rings. The van der Waals surface area contributed by atoms with Gasteiger partial charge in [-0.3, -0.25) is 4.79 Å². The Morgan fingerprint density at radius 2 is 2.25 bits per heavy atom. The average molecular weight is 189 g/mol. The number of nitrogens with zero attached hydrogens (tertiary/aromatic N) is 1. The van der Waals surface area contributed by atoms with Gasteiger partial charge in [-0.2, -0.15) is 5.26 Å². The molecule has 0 rings (SSSR count). The van der Waals surface area contributed by atoms with Crippen LogP contribution in [0, 0.1) is 17.2 Å². The molecule has 0 saturated heterocycles. The van der Waals surface area contributed by atoms with Crippen LogP contribution in [0.2, 0.25) is 0 Å². The predicted molar refractivity (Wildman–Crippen MR) is 47.7 cm³/mol. The van der Waals surface area contributed by atoms with E-state index in [-0.39, 0.29) is 17.7 Å². The van der Waals surface area contributed by atoms with Crippen LogP contribution in [0.4, 0.5) is 0 Å². The third-order valence-electron chi connectivity index (χ3n) is 1.91. The summed E-state index contributed by atoms with van der Waals surface area (Å²) >= 11 is 5.30. The Morgan fingerprint density at radius 3 is 2.50 bits per heavy atom. The van der Waals surface area contributed by atoms with Crippen molar-refractivity contribution in [2.24, 2.45) is 5.92 Å². The van der Waals surface area contributed by atoms with E-state index in [1.807, 2.05) is 13.8 Å². The van der Waals surface area contributed by atoms with Crippen molar-refractivity contribution < 1.29 is 4.79 Å². The molecule has 12 heavy (non-hydrogen) atoms. The lowest BCUT2D eigenvalue weighted by Crippen LogP contribution is -2.49. The first kappa shape index (κ1) is 11.2. The van der Waals surface area contributed by atoms with E-state index < -0.39 is 5.54 Å². The van der Waals surface area contributed by atoms with Gasteiger partial charge in [0, 0.05) is 0 Å². The largest absolute Gasteiger partial charge is 0.337 e. The van der Waals surface area contributed by atoms with E-state index in [9.17, 15) is 4.79 Å². The van der Waals surface area contributed by atoms with Crippen LogP contribution < -0.4 is 5.32 Å². The van der Waals surface area contributed by atoms with E-state index in [4.69, 9.17) is 16.9 Å². The molecule has 0 radical (unpaired) electrons. The molecule has 4 heteroatoms. The summed E-state index contributed by atoms with van der Waals surface area (Å²) in [6.45, 7) is 5.43. The Balaban J connectivity index is 4.37. The molecule has 0 aliphatic rings. The van der Waals surface area contributed by atoms with Crippen LogP contribution in [-0.2, 0) is 4.79 Å². The molecule has 0 aliphatic heterocycles. The number of halogens is 1. The zero-order chi connectivity index (χ0) is 9.78. The van der Waals surface area contributed by atoms with E-state index in [0.717, 1.165) is 0 Å². The third-order valence-corrected chi connectivity index (χ3v) is 2.15. The highest BCUT2D eigenvalue weighted by atomic mass is 35.5. The summed E-state index contributed by atoms with van der Waals surface area (Å²) in [5, 5.41) is 11.4. The second-order valence-electron chi connectivity index (χ2n) is 3.15. The van der Waals surface area contributed by atoms with Gasteiger partial charge in [0.05, 0.1) is 6.07 Å². The van der Waals surface area contributed by atoms with Gasteiger partial charge in [0.1, 0.15) is 11.4 Å². The molecule has 1 N–H and O–H groups in total. The number of carbonyl (C=O) groups is 1. The number of nitrogens with one attached hydrogen (secondary N) is 1. The minimum Gasteiger partial charge on any atom is -0.337 e. The molecule has 0 aliphatic carbocycles. The van der Waals surface area contributed by atoms with E-state index >= 15 is 0 Å². The normalized spacial score (nSPS) is 15.0. The maximum atomic E-state index is 10.9. The van der Waals surface area contributed by atoms with E-state index in [1.54, 1.807) is 6.92 Å². The van der Waals surface area contributed by atoms with Crippen LogP contribution in [0.3, 0.4) is 0 Å². The highest BCUT2D eigenvalue weighted by Crippen LogP contribution is 2.14. The minimum absolute atomic E-state index is 0.0645. The number of hydrogen-bond donors (Lipinski definition) is 1. The second kappa shape index (κ2) is 4.32. The van der Waals surface area contributed by atoms with Crippen LogP contribution in [0.25, 0.3) is 0 Å². The number of rotatable bonds is 3. The van der Waals surface area contributed by atoms with E-state index in [2.05, 4.69) is 11.4 Å². The van der Waals surface area contributed by atoms with Crippen molar-refractivity contribution in [2.45, 2.75) is 26.3 Å². The highest BCUT2D eigenvalue weighted by Gasteiger charge is 2.29. The average Bonchev–Trinajstić information content (AvgIpc) is 2.03. The first-order chi connectivity index (χ1) is 5.46. The van der Waals surface area contributed by atoms with Gasteiger partial charge in [-0.25, -0.2) is 0 Å². The van der Waals surface area contributed by atoms with Gasteiger partial charge < -0.3 is 5.32 Å². The summed E-state index contributed by atoms with van der Waals surface area (Å²) in [5.41, 5.74) is -0.814. The van der Waals surface area contributed by atoms with Crippen LogP contribution in [0.5, 0.6) is 0 Å². The molecule has 0 aromatic carbocycles. The number of nitriles is 1. The standard InChI is InChI=1S/C8H13ClN2O/c1-6(2)8(3,5-10)11-7(12)4-9/h6H,4H2,1-3H3,(H,11,12). The van der Waals surface area contributed by atoms with Crippen LogP contribution in [0.1, 0.15) is 20.8 Å². The van der Waals surface area contributed by atoms with Gasteiger partial charge in [-0.15, -0.1) is 11.6 Å². The molecular weight excluding hydrogens is 176 g/mol. The Morgan fingerprint density at radius 1 is 1.75 bits per heavy atom. The molecule has 3 nitrogen and oxygen atoms in total. The molecule has 0 saturated carbocycles. The smallest absolute Gasteiger partial charge is 0.236 e. The molecule has 0 bridgehead atoms. The van der Waals surface area contributed by atoms with Gasteiger partial charge in [0.15, 0.2) is 0 Å². The maximum Gasteiger partial charge on any atom is 0.236 e. The second-order valence-corrected chi connectivity index (χ2v) is 3.42. The predicted octanol–water partition coefficient (Wildman–Crippen LogP) is 1.28. The van der Waals surface area contributed by atoms with Gasteiger partial charge in [-0.05, 0) is 12.8 Å². The topological polar surface area (TPSA) is 52.9 Å². The zero-order valence-corrected chi connectivity index (χ0v) is 8.27. The molecule has 0 aromatic heterocycles. The Labute approximate surface area is 77.7 Å². The SMILES string of the molecule is CC(C)C(C)(C#N)NC(=O)CCl. The van der Waals surface area contributed by atoms with Gasteiger partial charge >= 0.3 is 0 Å². The van der Waals surface area contributed by atoms with Gasteiger partial charge in [-0.1, -0.05) is 13.8 Å². The molecule has 0 spiro atoms. The monoisotopic (exact) mass is 188 g/mol. The summed E-state index contributed by atoms with van der Waals surface area (Å²) in [5.74, 6) is -0.353. The van der Waals surface area contributed by atoms with Crippen molar-refractivity contribution in [2.75, 3.05) is 5.88 Å². The van der Waals surface area contributed by atoms with Gasteiger partial charge in [0.25, 0.3) is 0 Å². The van der Waals surface area contributed by atoms with Crippen molar-refractivity contribution >= 4 is 17.5 Å². The van der Waals surface area contributed by atoms with Crippen LogP contribution in [0.15, 0.2) is 0 Å². The minimum atomic E-state index is -0.814. The van der Waals surface area contributed by atoms with Crippen molar-refractivity contribution in [3.63, 3.8) is 0 Å². The van der Waals surface area contributed by atoms with Crippen molar-refractivity contribution in [1.82, 2.24) is 5.32 Å². The first-order valence-corrected chi connectivity index (χ1v) is 4.28. The summed E-state index contributed by atoms with van der Waals surface area (Å²) in [7, 11) is 0. The third kappa shape index (κ3) is 2.71.